The molecule has 0 N–H and O–H groups in total. The molecule has 118 valence electrons. The minimum atomic E-state index is -1.30. The fraction of sp³-hybridized carbons (Fsp3) is 0.571. The maximum atomic E-state index is 6.26. The van der Waals surface area contributed by atoms with Crippen molar-refractivity contribution in [1.29, 1.82) is 0 Å². The highest BCUT2D eigenvalue weighted by molar-refractivity contribution is 6.47. The highest BCUT2D eigenvalue weighted by Gasteiger charge is 2.26. The normalized spacial score (nSPS) is 13.7. The predicted octanol–water partition coefficient (Wildman–Crippen LogP) is 6.84. The van der Waals surface area contributed by atoms with E-state index >= 15 is 0 Å². The van der Waals surface area contributed by atoms with E-state index < -0.39 is 4.52 Å². The molecule has 0 aliphatic heterocycles. The number of hydrogen-bond acceptors (Lipinski definition) is 3. The minimum absolute atomic E-state index is 0.230. The SMILES string of the molecule is CCCC(Cl)(Cl)Oc1cc(Cl)c(C(C)N=NCC)c(Cl)c1. The molecule has 1 aromatic rings. The number of rotatable bonds is 7. The third-order valence-corrected chi connectivity index (χ3v) is 3.83. The smallest absolute Gasteiger partial charge is 0.258 e. The van der Waals surface area contributed by atoms with Crippen molar-refractivity contribution in [3.8, 4) is 5.75 Å². The highest BCUT2D eigenvalue weighted by Crippen LogP contribution is 2.39. The van der Waals surface area contributed by atoms with E-state index in [1.807, 2.05) is 20.8 Å². The molecular weight excluding hydrogens is 354 g/mol. The van der Waals surface area contributed by atoms with Crippen molar-refractivity contribution in [2.45, 2.75) is 44.2 Å². The van der Waals surface area contributed by atoms with Gasteiger partial charge in [-0.3, -0.25) is 0 Å². The first kappa shape index (κ1) is 18.8. The van der Waals surface area contributed by atoms with Crippen LogP contribution >= 0.6 is 46.4 Å². The molecule has 0 aliphatic carbocycles. The fourth-order valence-corrected chi connectivity index (χ4v) is 3.13. The highest BCUT2D eigenvalue weighted by atomic mass is 35.5. The number of alkyl halides is 2. The lowest BCUT2D eigenvalue weighted by Gasteiger charge is -2.22. The van der Waals surface area contributed by atoms with E-state index in [0.717, 1.165) is 6.42 Å². The van der Waals surface area contributed by atoms with Crippen molar-refractivity contribution < 1.29 is 4.74 Å². The largest absolute Gasteiger partial charge is 0.458 e. The molecule has 0 bridgehead atoms. The molecule has 0 amide bonds. The molecule has 7 heteroatoms. The molecule has 0 saturated carbocycles. The zero-order valence-corrected chi connectivity index (χ0v) is 15.2. The van der Waals surface area contributed by atoms with Gasteiger partial charge in [-0.2, -0.15) is 10.2 Å². The zero-order valence-electron chi connectivity index (χ0n) is 12.2. The molecule has 1 unspecified atom stereocenters. The van der Waals surface area contributed by atoms with Gasteiger partial charge in [0.1, 0.15) is 5.75 Å². The molecule has 0 aliphatic rings. The van der Waals surface area contributed by atoms with E-state index in [-0.39, 0.29) is 6.04 Å². The van der Waals surface area contributed by atoms with Crippen molar-refractivity contribution in [2.75, 3.05) is 6.54 Å². The Kier molecular flexibility index (Phi) is 7.55. The third kappa shape index (κ3) is 5.82. The van der Waals surface area contributed by atoms with Crippen LogP contribution in [0.25, 0.3) is 0 Å². The third-order valence-electron chi connectivity index (χ3n) is 2.67. The molecule has 0 heterocycles. The van der Waals surface area contributed by atoms with Gasteiger partial charge in [0, 0.05) is 12.0 Å². The van der Waals surface area contributed by atoms with Crippen LogP contribution in [0, 0.1) is 0 Å². The summed E-state index contributed by atoms with van der Waals surface area (Å²) in [7, 11) is 0. The van der Waals surface area contributed by atoms with Gasteiger partial charge in [0.25, 0.3) is 4.52 Å². The number of nitrogens with zero attached hydrogens (tertiary/aromatic N) is 2. The summed E-state index contributed by atoms with van der Waals surface area (Å²) in [5, 5.41) is 8.99. The Morgan fingerprint density at radius 1 is 1.19 bits per heavy atom. The van der Waals surface area contributed by atoms with Crippen LogP contribution in [0.4, 0.5) is 0 Å². The summed E-state index contributed by atoms with van der Waals surface area (Å²) in [6.07, 6.45) is 1.29. The van der Waals surface area contributed by atoms with Gasteiger partial charge in [-0.15, -0.1) is 0 Å². The second-order valence-electron chi connectivity index (χ2n) is 4.54. The Morgan fingerprint density at radius 2 is 1.76 bits per heavy atom. The first-order chi connectivity index (χ1) is 9.80. The van der Waals surface area contributed by atoms with Crippen LogP contribution in [0.15, 0.2) is 22.4 Å². The van der Waals surface area contributed by atoms with Gasteiger partial charge in [-0.25, -0.2) is 0 Å². The van der Waals surface area contributed by atoms with Gasteiger partial charge < -0.3 is 4.74 Å². The molecule has 1 rings (SSSR count). The van der Waals surface area contributed by atoms with Gasteiger partial charge in [0.2, 0.25) is 0 Å². The quantitative estimate of drug-likeness (QED) is 0.381. The number of azo groups is 1. The van der Waals surface area contributed by atoms with E-state index in [0.29, 0.717) is 34.3 Å². The molecule has 0 aromatic heterocycles. The summed E-state index contributed by atoms with van der Waals surface area (Å²) in [4.78, 5) is 0. The van der Waals surface area contributed by atoms with Crippen molar-refractivity contribution in [3.05, 3.63) is 27.7 Å². The van der Waals surface area contributed by atoms with Crippen molar-refractivity contribution in [3.63, 3.8) is 0 Å². The number of hydrogen-bond donors (Lipinski definition) is 0. The Balaban J connectivity index is 3.02. The summed E-state index contributed by atoms with van der Waals surface area (Å²) >= 11 is 24.7. The maximum absolute atomic E-state index is 6.26. The molecule has 0 spiro atoms. The van der Waals surface area contributed by atoms with Crippen LogP contribution in [-0.2, 0) is 0 Å². The molecule has 0 radical (unpaired) electrons. The molecule has 0 saturated heterocycles. The number of ether oxygens (including phenoxy) is 1. The second kappa shape index (κ2) is 8.42. The van der Waals surface area contributed by atoms with Crippen molar-refractivity contribution in [1.82, 2.24) is 0 Å². The average molecular weight is 372 g/mol. The molecule has 21 heavy (non-hydrogen) atoms. The molecular formula is C14H18Cl4N2O. The van der Waals surface area contributed by atoms with Gasteiger partial charge >= 0.3 is 0 Å². The van der Waals surface area contributed by atoms with Crippen LogP contribution in [0.3, 0.4) is 0 Å². The lowest BCUT2D eigenvalue weighted by atomic mass is 10.1. The van der Waals surface area contributed by atoms with Gasteiger partial charge in [0.05, 0.1) is 22.6 Å². The Hall–Kier alpha value is -0.220. The van der Waals surface area contributed by atoms with Crippen LogP contribution in [0.2, 0.25) is 10.0 Å². The van der Waals surface area contributed by atoms with E-state index in [1.165, 1.54) is 0 Å². The predicted molar refractivity (Wildman–Crippen MR) is 90.2 cm³/mol. The lowest BCUT2D eigenvalue weighted by Crippen LogP contribution is -2.21. The second-order valence-corrected chi connectivity index (χ2v) is 6.77. The molecule has 3 nitrogen and oxygen atoms in total. The Labute approximate surface area is 145 Å². The zero-order chi connectivity index (χ0) is 16.0. The molecule has 1 atom stereocenters. The number of benzene rings is 1. The van der Waals surface area contributed by atoms with Crippen LogP contribution < -0.4 is 4.74 Å². The summed E-state index contributed by atoms with van der Waals surface area (Å²) in [5.74, 6) is 0.423. The van der Waals surface area contributed by atoms with Crippen LogP contribution in [0.5, 0.6) is 5.75 Å². The minimum Gasteiger partial charge on any atom is -0.458 e. The standard InChI is InChI=1S/C14H18Cl4N2O/c1-4-6-14(17,18)21-10-7-11(15)13(12(16)8-10)9(3)20-19-5-2/h7-9H,4-6H2,1-3H3. The summed E-state index contributed by atoms with van der Waals surface area (Å²) in [5.41, 5.74) is 0.702. The lowest BCUT2D eigenvalue weighted by molar-refractivity contribution is 0.229. The van der Waals surface area contributed by atoms with Gasteiger partial charge in [-0.05, 0) is 32.4 Å². The summed E-state index contributed by atoms with van der Waals surface area (Å²) < 4.78 is 4.23. The first-order valence-electron chi connectivity index (χ1n) is 6.73. The monoisotopic (exact) mass is 370 g/mol. The van der Waals surface area contributed by atoms with E-state index in [1.54, 1.807) is 12.1 Å². The average Bonchev–Trinajstić information content (AvgIpc) is 2.34. The topological polar surface area (TPSA) is 34.0 Å². The van der Waals surface area contributed by atoms with Crippen molar-refractivity contribution in [2.24, 2.45) is 10.2 Å². The Bertz CT molecular complexity index is 483. The van der Waals surface area contributed by atoms with Crippen LogP contribution in [0.1, 0.15) is 45.2 Å². The van der Waals surface area contributed by atoms with Gasteiger partial charge in [0.15, 0.2) is 0 Å². The van der Waals surface area contributed by atoms with E-state index in [9.17, 15) is 0 Å². The van der Waals surface area contributed by atoms with Crippen molar-refractivity contribution >= 4 is 46.4 Å². The first-order valence-corrected chi connectivity index (χ1v) is 8.24. The number of halogens is 4. The summed E-state index contributed by atoms with van der Waals surface area (Å²) in [6, 6.07) is 3.04. The van der Waals surface area contributed by atoms with E-state index in [2.05, 4.69) is 10.2 Å². The molecule has 1 aromatic carbocycles. The summed E-state index contributed by atoms with van der Waals surface area (Å²) in [6.45, 7) is 6.35. The van der Waals surface area contributed by atoms with Crippen LogP contribution in [-0.4, -0.2) is 11.1 Å². The maximum Gasteiger partial charge on any atom is 0.258 e. The fourth-order valence-electron chi connectivity index (χ4n) is 1.80. The molecule has 0 fully saturated rings. The van der Waals surface area contributed by atoms with E-state index in [4.69, 9.17) is 51.1 Å². The Morgan fingerprint density at radius 3 is 2.24 bits per heavy atom. The van der Waals surface area contributed by atoms with Gasteiger partial charge in [-0.1, -0.05) is 53.3 Å².